The first-order valence-electron chi connectivity index (χ1n) is 0. The van der Waals surface area contributed by atoms with E-state index in [0.29, 0.717) is 0 Å². The minimum Gasteiger partial charge on any atom is -1.00 e. The number of rotatable bonds is 0. The third-order valence-electron chi connectivity index (χ3n) is 0. The van der Waals surface area contributed by atoms with Gasteiger partial charge in [-0.2, -0.15) is 0 Å². The van der Waals surface area contributed by atoms with E-state index in [4.69, 9.17) is 0 Å². The summed E-state index contributed by atoms with van der Waals surface area (Å²) in [6.45, 7) is 0. The Bertz CT molecular complexity index is 3.25. The molecule has 4 heteroatoms. The smallest absolute Gasteiger partial charge is 1.00 e. The molecule has 0 aromatic rings. The van der Waals surface area contributed by atoms with E-state index >= 15 is 0 Å². The fourth-order valence-electron chi connectivity index (χ4n) is 0. The van der Waals surface area contributed by atoms with Gasteiger partial charge in [-0.25, -0.2) is 0 Å². The van der Waals surface area contributed by atoms with Crippen LogP contribution >= 0.6 is 0 Å². The first kappa shape index (κ1) is 34.9. The minimum atomic E-state index is 0. The van der Waals surface area contributed by atoms with Gasteiger partial charge in [0.25, 0.3) is 0 Å². The molecule has 0 bridgehead atoms. The molecule has 0 saturated carbocycles. The predicted octanol–water partition coefficient (Wildman–Crippen LogP) is -8.99. The van der Waals surface area contributed by atoms with E-state index in [1.807, 2.05) is 0 Å². The van der Waals surface area contributed by atoms with Gasteiger partial charge in [0.2, 0.25) is 0 Å². The van der Waals surface area contributed by atoms with Crippen molar-refractivity contribution in [2.75, 3.05) is 0 Å². The molecule has 0 aliphatic carbocycles. The maximum atomic E-state index is 0. The normalized spacial score (nSPS) is 0. The first-order valence-corrected chi connectivity index (χ1v) is 0. The maximum absolute atomic E-state index is 0. The van der Waals surface area contributed by atoms with Crippen LogP contribution in [0.4, 0.5) is 0 Å². The van der Waals surface area contributed by atoms with E-state index < -0.39 is 0 Å². The Morgan fingerprint density at radius 1 is 0.500 bits per heavy atom. The molecule has 0 N–H and O–H groups in total. The SMILES string of the molecule is [Ag+3].[Br-].[Br-].[Br-]. The van der Waals surface area contributed by atoms with Gasteiger partial charge < -0.3 is 50.9 Å². The zero-order chi connectivity index (χ0) is 0. The van der Waals surface area contributed by atoms with E-state index in [9.17, 15) is 0 Å². The van der Waals surface area contributed by atoms with Crippen LogP contribution in [0.2, 0.25) is 0 Å². The molecule has 0 atom stereocenters. The van der Waals surface area contributed by atoms with Crippen LogP contribution in [0.5, 0.6) is 0 Å². The van der Waals surface area contributed by atoms with Gasteiger partial charge in [0.05, 0.1) is 0 Å². The van der Waals surface area contributed by atoms with E-state index in [-0.39, 0.29) is 73.3 Å². The third-order valence-corrected chi connectivity index (χ3v) is 0. The topological polar surface area (TPSA) is 0 Å². The van der Waals surface area contributed by atoms with Crippen molar-refractivity contribution < 1.29 is 73.3 Å². The van der Waals surface area contributed by atoms with E-state index in [2.05, 4.69) is 0 Å². The molecule has 0 aliphatic rings. The number of hydrogen-bond acceptors (Lipinski definition) is 0. The second kappa shape index (κ2) is 19.0. The molecule has 0 aromatic carbocycles. The van der Waals surface area contributed by atoms with Crippen LogP contribution in [0.15, 0.2) is 0 Å². The van der Waals surface area contributed by atoms with Gasteiger partial charge in [-0.3, -0.25) is 0 Å². The molecular weight excluding hydrogens is 348 g/mol. The summed E-state index contributed by atoms with van der Waals surface area (Å²) in [6.07, 6.45) is 0. The van der Waals surface area contributed by atoms with Crippen molar-refractivity contribution in [1.82, 2.24) is 0 Å². The van der Waals surface area contributed by atoms with E-state index in [1.165, 1.54) is 0 Å². The second-order valence-electron chi connectivity index (χ2n) is 0. The second-order valence-corrected chi connectivity index (χ2v) is 0. The molecular formula is AgBr3. The first-order chi connectivity index (χ1) is 0. The minimum absolute atomic E-state index is 0. The van der Waals surface area contributed by atoms with Crippen molar-refractivity contribution in [3.05, 3.63) is 0 Å². The molecule has 0 saturated heterocycles. The zero-order valence-electron chi connectivity index (χ0n) is 1.44. The van der Waals surface area contributed by atoms with Gasteiger partial charge in [0, 0.05) is 0 Å². The average molecular weight is 348 g/mol. The van der Waals surface area contributed by atoms with Crippen LogP contribution in [0.3, 0.4) is 0 Å². The van der Waals surface area contributed by atoms with Crippen LogP contribution in [0.25, 0.3) is 0 Å². The van der Waals surface area contributed by atoms with Crippen LogP contribution in [0.1, 0.15) is 0 Å². The Labute approximate surface area is 72.5 Å². The molecule has 0 aliphatic heterocycles. The van der Waals surface area contributed by atoms with E-state index in [0.717, 1.165) is 0 Å². The average Bonchev–Trinajstić information content (AvgIpc) is 0. The van der Waals surface area contributed by atoms with Crippen molar-refractivity contribution in [3.63, 3.8) is 0 Å². The maximum Gasteiger partial charge on any atom is 3.00 e. The molecule has 0 heterocycles. The monoisotopic (exact) mass is 344 g/mol. The van der Waals surface area contributed by atoms with Crippen LogP contribution < -0.4 is 50.9 Å². The van der Waals surface area contributed by atoms with Crippen molar-refractivity contribution >= 4 is 0 Å². The van der Waals surface area contributed by atoms with Gasteiger partial charge in [-0.05, 0) is 0 Å². The Morgan fingerprint density at radius 2 is 0.500 bits per heavy atom. The molecule has 0 spiro atoms. The summed E-state index contributed by atoms with van der Waals surface area (Å²) in [7, 11) is 0. The number of halogens is 3. The van der Waals surface area contributed by atoms with Crippen LogP contribution in [0, 0.1) is 0 Å². The van der Waals surface area contributed by atoms with Crippen LogP contribution in [-0.2, 0) is 22.4 Å². The third kappa shape index (κ3) is 8.89. The molecule has 4 heavy (non-hydrogen) atoms. The van der Waals surface area contributed by atoms with Gasteiger partial charge in [-0.1, -0.05) is 0 Å². The molecule has 0 amide bonds. The summed E-state index contributed by atoms with van der Waals surface area (Å²) in [6, 6.07) is 0. The van der Waals surface area contributed by atoms with Gasteiger partial charge >= 0.3 is 22.4 Å². The molecule has 0 unspecified atom stereocenters. The summed E-state index contributed by atoms with van der Waals surface area (Å²) < 4.78 is 0. The fraction of sp³-hybridized carbons (Fsp3) is 0. The summed E-state index contributed by atoms with van der Waals surface area (Å²) in [5.41, 5.74) is 0. The summed E-state index contributed by atoms with van der Waals surface area (Å²) in [4.78, 5) is 0. The predicted molar refractivity (Wildman–Crippen MR) is 0 cm³/mol. The van der Waals surface area contributed by atoms with Crippen molar-refractivity contribution in [2.45, 2.75) is 0 Å². The van der Waals surface area contributed by atoms with E-state index in [1.54, 1.807) is 0 Å². The van der Waals surface area contributed by atoms with Crippen molar-refractivity contribution in [1.29, 1.82) is 0 Å². The Kier molecular flexibility index (Phi) is 166. The summed E-state index contributed by atoms with van der Waals surface area (Å²) >= 11 is 0. The van der Waals surface area contributed by atoms with Gasteiger partial charge in [0.15, 0.2) is 0 Å². The summed E-state index contributed by atoms with van der Waals surface area (Å²) in [5, 5.41) is 0. The van der Waals surface area contributed by atoms with Crippen LogP contribution in [-0.4, -0.2) is 0 Å². The molecule has 0 rings (SSSR count). The quantitative estimate of drug-likeness (QED) is 0.382. The Morgan fingerprint density at radius 3 is 0.500 bits per heavy atom. The number of hydrogen-bond donors (Lipinski definition) is 0. The Balaban J connectivity index is 0. The van der Waals surface area contributed by atoms with Crippen molar-refractivity contribution in [3.8, 4) is 0 Å². The van der Waals surface area contributed by atoms with Gasteiger partial charge in [0.1, 0.15) is 0 Å². The standard InChI is InChI=1S/Ag.3BrH/h;3*1H/q+3;;;/p-3. The molecule has 0 radical (unpaired) electrons. The molecule has 0 aromatic heterocycles. The molecule has 0 nitrogen and oxygen atoms in total. The van der Waals surface area contributed by atoms with Crippen molar-refractivity contribution in [2.24, 2.45) is 0 Å². The largest absolute Gasteiger partial charge is 3.00 e. The fourth-order valence-corrected chi connectivity index (χ4v) is 0. The molecule has 0 fully saturated rings. The summed E-state index contributed by atoms with van der Waals surface area (Å²) in [5.74, 6) is 0. The zero-order valence-corrected chi connectivity index (χ0v) is 7.68. The van der Waals surface area contributed by atoms with Gasteiger partial charge in [-0.15, -0.1) is 0 Å². The molecule has 32 valence electrons. The Hall–Kier alpha value is 2.18.